The molecule has 0 N–H and O–H groups in total. The number of pyridine rings is 5. The first-order valence-corrected chi connectivity index (χ1v) is 26.8. The predicted octanol–water partition coefficient (Wildman–Crippen LogP) is 16.8. The van der Waals surface area contributed by atoms with E-state index in [1.165, 1.54) is 10.9 Å². The van der Waals surface area contributed by atoms with Crippen LogP contribution in [0.3, 0.4) is 0 Å². The van der Waals surface area contributed by atoms with Crippen molar-refractivity contribution in [2.45, 2.75) is 6.92 Å². The molecule has 437 valence electrons. The molecule has 9 nitrogen and oxygen atoms in total. The van der Waals surface area contributed by atoms with Crippen LogP contribution < -0.4 is 0 Å². The Labute approximate surface area is 578 Å². The van der Waals surface area contributed by atoms with Gasteiger partial charge in [0.05, 0.1) is 22.6 Å². The van der Waals surface area contributed by atoms with E-state index in [0.717, 1.165) is 71.9 Å². The Kier molecular flexibility index (Phi) is 34.8. The number of para-hydroxylation sites is 2. The van der Waals surface area contributed by atoms with Crippen molar-refractivity contribution in [3.63, 3.8) is 0 Å². The van der Waals surface area contributed by atoms with Gasteiger partial charge in [0.1, 0.15) is 0 Å². The second-order valence-electron chi connectivity index (χ2n) is 16.8. The van der Waals surface area contributed by atoms with Gasteiger partial charge in [0.2, 0.25) is 0 Å². The van der Waals surface area contributed by atoms with Gasteiger partial charge in [-0.1, -0.05) is 109 Å². The molecule has 0 amide bonds. The minimum atomic E-state index is 0. The van der Waals surface area contributed by atoms with E-state index in [0.29, 0.717) is 0 Å². The van der Waals surface area contributed by atoms with E-state index in [9.17, 15) is 0 Å². The average molecular weight is 2050 g/mol. The van der Waals surface area contributed by atoms with Crippen molar-refractivity contribution in [1.29, 1.82) is 0 Å². The van der Waals surface area contributed by atoms with Crippen molar-refractivity contribution in [3.05, 3.63) is 321 Å². The number of aromatic nitrogens is 9. The third kappa shape index (κ3) is 23.3. The number of benzene rings is 5. The van der Waals surface area contributed by atoms with Gasteiger partial charge in [-0.25, -0.2) is 34.8 Å². The third-order valence-corrected chi connectivity index (χ3v) is 12.9. The summed E-state index contributed by atoms with van der Waals surface area (Å²) in [5.41, 5.74) is 12.2. The van der Waals surface area contributed by atoms with Gasteiger partial charge >= 0.3 is 0 Å². The van der Waals surface area contributed by atoms with Crippen molar-refractivity contribution >= 4 is 46.0 Å². The van der Waals surface area contributed by atoms with E-state index >= 15 is 0 Å². The largest absolute Gasteiger partial charge is 0.310 e. The minimum Gasteiger partial charge on any atom is -0.310 e. The normalized spacial score (nSPS) is 9.38. The second-order valence-corrected chi connectivity index (χ2v) is 18.6. The first-order chi connectivity index (χ1) is 39.1. The zero-order valence-corrected chi connectivity index (χ0v) is 59.5. The van der Waals surface area contributed by atoms with E-state index in [1.54, 1.807) is 63.0 Å². The van der Waals surface area contributed by atoms with Gasteiger partial charge in [-0.05, 0) is 88.3 Å². The number of fused-ring (bicyclic) bond motifs is 1. The molecule has 9 heterocycles. The number of rotatable bonds is 7. The maximum atomic E-state index is 4.68. The molecule has 0 saturated heterocycles. The third-order valence-electron chi connectivity index (χ3n) is 11.2. The molecule has 14 aromatic rings. The molecule has 0 aliphatic rings. The van der Waals surface area contributed by atoms with Gasteiger partial charge in [0, 0.05) is 149 Å². The van der Waals surface area contributed by atoms with Gasteiger partial charge in [-0.15, -0.1) is 95.1 Å². The molecule has 0 bridgehead atoms. The number of aryl methyl sites for hydroxylation is 1. The van der Waals surface area contributed by atoms with Gasteiger partial charge in [0.15, 0.2) is 0 Å². The Balaban J connectivity index is 0.000000266. The van der Waals surface area contributed by atoms with E-state index in [-0.39, 0.29) is 113 Å². The molecule has 5 aromatic carbocycles. The molecule has 9 aromatic heterocycles. The van der Waals surface area contributed by atoms with Gasteiger partial charge < -0.3 is 9.97 Å². The monoisotopic (exact) mass is 2060 g/mol. The van der Waals surface area contributed by atoms with Crippen LogP contribution in [0.4, 0.5) is 0 Å². The molecule has 5 radical (unpaired) electrons. The van der Waals surface area contributed by atoms with Crippen LogP contribution in [0.5, 0.6) is 0 Å². The Hall–Kier alpha value is -6.53. The van der Waals surface area contributed by atoms with E-state index in [4.69, 9.17) is 0 Å². The molecule has 0 fully saturated rings. The number of thiophene rings is 2. The van der Waals surface area contributed by atoms with Crippen molar-refractivity contribution in [2.75, 3.05) is 0 Å². The van der Waals surface area contributed by atoms with Gasteiger partial charge in [0.25, 0.3) is 0 Å². The van der Waals surface area contributed by atoms with Crippen LogP contribution in [0.1, 0.15) is 5.56 Å². The summed E-state index contributed by atoms with van der Waals surface area (Å²) in [6, 6.07) is 91.1. The van der Waals surface area contributed by atoms with Crippen molar-refractivity contribution in [3.8, 4) is 66.4 Å². The minimum absolute atomic E-state index is 0. The Morgan fingerprint density at radius 1 is 0.376 bits per heavy atom. The topological polar surface area (TPSA) is 100 Å². The molecular formula is C68H51ClIr5N9S2-5. The van der Waals surface area contributed by atoms with Crippen LogP contribution in [0.2, 0.25) is 0 Å². The molecule has 17 heteroatoms. The summed E-state index contributed by atoms with van der Waals surface area (Å²) < 4.78 is 3.57. The zero-order chi connectivity index (χ0) is 53.9. The SMILES string of the molecule is Cc1c[c-]c(-c2ccccn2)cc1.Cl.[Ir].[Ir].[Ir].[Ir].[Ir].[c-]1ccccc1-c1cccc(-c2ccccc2)n1.[c-]1ccccc1-n1cccn1.[c-]1ccsc1-c1ccc2ccccc2n1.[c-]1ccsc1-n1cccn1.c1ccc(-c2ccccn2)nc1. The van der Waals surface area contributed by atoms with Crippen LogP contribution in [-0.4, -0.2) is 44.5 Å². The molecule has 14 rings (SSSR count). The quantitative estimate of drug-likeness (QED) is 0.147. The number of hydrogen-bond acceptors (Lipinski definition) is 9. The fourth-order valence-corrected chi connectivity index (χ4v) is 8.64. The van der Waals surface area contributed by atoms with Crippen LogP contribution in [-0.2, 0) is 101 Å². The summed E-state index contributed by atoms with van der Waals surface area (Å²) in [5, 5.41) is 14.3. The molecule has 0 unspecified atom stereocenters. The summed E-state index contributed by atoms with van der Waals surface area (Å²) in [6.07, 6.45) is 12.6. The first kappa shape index (κ1) is 72.7. The van der Waals surface area contributed by atoms with Crippen LogP contribution >= 0.6 is 35.1 Å². The summed E-state index contributed by atoms with van der Waals surface area (Å²) in [4.78, 5) is 23.0. The molecule has 0 saturated carbocycles. The summed E-state index contributed by atoms with van der Waals surface area (Å²) in [7, 11) is 0. The van der Waals surface area contributed by atoms with Crippen molar-refractivity contribution < 1.29 is 101 Å². The van der Waals surface area contributed by atoms with Gasteiger partial charge in [-0.2, -0.15) is 52.0 Å². The first-order valence-electron chi connectivity index (χ1n) is 25.1. The predicted molar refractivity (Wildman–Crippen MR) is 328 cm³/mol. The summed E-state index contributed by atoms with van der Waals surface area (Å²) in [6.45, 7) is 2.05. The number of hydrogen-bond donors (Lipinski definition) is 0. The Bertz CT molecular complexity index is 3760. The standard InChI is InChI=1S/C17H12N.C13H8NS.C12H10N.C10H8N2.C9H7N2.C7H5N2S.ClH.5Ir/c1-3-8-14(9-4-1)16-12-7-13-17(18-16)15-10-5-2-6-11-15;1-2-5-11-10(4-1)7-8-12(14-11)13-6-3-9-15-13;1-10-5-7-11(8-6-10)12-4-2-3-9-13-12;1-3-7-11-9(5-1)10-6-2-4-8-12-10;1-2-5-9(6-3-1)11-8-4-7-10-11;1-3-7(10-6-1)9-5-2-4-8-9;;;;;;/h1-10,12-13H;1-5,7-9H;2-7,9H,1H3;1-8H;1-5,7-8H;1-2,4-6H;1H;;;;;/q3*-1;;2*-1;;;;;;. The van der Waals surface area contributed by atoms with E-state index < -0.39 is 0 Å². The van der Waals surface area contributed by atoms with E-state index in [1.807, 2.05) is 223 Å². The molecule has 0 atom stereocenters. The Morgan fingerprint density at radius 3 is 1.52 bits per heavy atom. The van der Waals surface area contributed by atoms with Gasteiger partial charge in [-0.3, -0.25) is 24.3 Å². The smallest absolute Gasteiger partial charge is 0.0886 e. The molecule has 0 aliphatic carbocycles. The second kappa shape index (κ2) is 40.7. The Morgan fingerprint density at radius 2 is 0.953 bits per heavy atom. The maximum Gasteiger partial charge on any atom is 0.0886 e. The maximum absolute atomic E-state index is 4.68. The molecule has 85 heavy (non-hydrogen) atoms. The average Bonchev–Trinajstić information content (AvgIpc) is 4.52. The summed E-state index contributed by atoms with van der Waals surface area (Å²) in [5.74, 6) is 0. The van der Waals surface area contributed by atoms with Crippen LogP contribution in [0.25, 0.3) is 77.3 Å². The van der Waals surface area contributed by atoms with Crippen molar-refractivity contribution in [2.24, 2.45) is 0 Å². The summed E-state index contributed by atoms with van der Waals surface area (Å²) >= 11 is 3.29. The molecule has 0 spiro atoms. The zero-order valence-electron chi connectivity index (χ0n) is 45.1. The molecular weight excluding hydrogens is 2000 g/mol. The van der Waals surface area contributed by atoms with E-state index in [2.05, 4.69) is 103 Å². The van der Waals surface area contributed by atoms with Crippen LogP contribution in [0.15, 0.2) is 285 Å². The van der Waals surface area contributed by atoms with Crippen molar-refractivity contribution in [1.82, 2.24) is 44.5 Å². The number of halogens is 1. The number of nitrogens with zero attached hydrogens (tertiary/aromatic N) is 9. The molecule has 0 aliphatic heterocycles. The fraction of sp³-hybridized carbons (Fsp3) is 0.0147. The van der Waals surface area contributed by atoms with Crippen LogP contribution in [0, 0.1) is 37.3 Å². The fourth-order valence-electron chi connectivity index (χ4n) is 7.38.